The molecule has 0 radical (unpaired) electrons. The molecule has 7 nitrogen and oxygen atoms in total. The molecule has 7 heteroatoms. The van der Waals surface area contributed by atoms with Gasteiger partial charge in [0.1, 0.15) is 18.7 Å². The molecule has 35 heavy (non-hydrogen) atoms. The summed E-state index contributed by atoms with van der Waals surface area (Å²) in [5.74, 6) is 2.05. The molecule has 2 aliphatic heterocycles. The minimum atomic E-state index is -0.0282. The predicted molar refractivity (Wildman–Crippen MR) is 134 cm³/mol. The van der Waals surface area contributed by atoms with E-state index in [2.05, 4.69) is 28.4 Å². The first-order chi connectivity index (χ1) is 17.2. The Bertz CT molecular complexity index is 1490. The van der Waals surface area contributed by atoms with Crippen LogP contribution in [0.4, 0.5) is 17.1 Å². The van der Waals surface area contributed by atoms with E-state index in [-0.39, 0.29) is 5.78 Å². The molecular formula is C28H25N3O4. The molecule has 1 saturated heterocycles. The summed E-state index contributed by atoms with van der Waals surface area (Å²) in [5.41, 5.74) is 5.33. The number of anilines is 3. The van der Waals surface area contributed by atoms with Crippen LogP contribution >= 0.6 is 0 Å². The molecule has 176 valence electrons. The zero-order chi connectivity index (χ0) is 23.5. The van der Waals surface area contributed by atoms with Crippen molar-refractivity contribution in [2.24, 2.45) is 0 Å². The molecule has 0 amide bonds. The van der Waals surface area contributed by atoms with Gasteiger partial charge >= 0.3 is 0 Å². The van der Waals surface area contributed by atoms with Gasteiger partial charge in [0.05, 0.1) is 22.3 Å². The summed E-state index contributed by atoms with van der Waals surface area (Å²) in [6, 6.07) is 15.8. The number of nitrogens with one attached hydrogen (secondary N) is 1. The first-order valence-electron chi connectivity index (χ1n) is 12.2. The average Bonchev–Trinajstić information content (AvgIpc) is 3.33. The van der Waals surface area contributed by atoms with Gasteiger partial charge in [0.2, 0.25) is 0 Å². The zero-order valence-corrected chi connectivity index (χ0v) is 19.5. The number of carbonyl (C=O) groups excluding carboxylic acids is 1. The lowest BCUT2D eigenvalue weighted by atomic mass is 9.86. The van der Waals surface area contributed by atoms with Gasteiger partial charge in [0.25, 0.3) is 0 Å². The summed E-state index contributed by atoms with van der Waals surface area (Å²) in [6.45, 7) is 4.26. The van der Waals surface area contributed by atoms with Crippen molar-refractivity contribution in [3.63, 3.8) is 0 Å². The monoisotopic (exact) mass is 467 g/mol. The maximum atomic E-state index is 13.8. The van der Waals surface area contributed by atoms with E-state index in [9.17, 15) is 4.79 Å². The van der Waals surface area contributed by atoms with E-state index in [1.807, 2.05) is 42.5 Å². The number of nitrogens with zero attached hydrogens (tertiary/aromatic N) is 2. The maximum Gasteiger partial charge on any atom is 0.196 e. The van der Waals surface area contributed by atoms with Crippen LogP contribution in [0.15, 0.2) is 53.1 Å². The quantitative estimate of drug-likeness (QED) is 0.352. The second kappa shape index (κ2) is 7.77. The van der Waals surface area contributed by atoms with Crippen LogP contribution in [0.1, 0.15) is 42.1 Å². The number of rotatable bonds is 3. The third-order valence-electron chi connectivity index (χ3n) is 7.31. The molecule has 1 fully saturated rings. The third kappa shape index (κ3) is 3.11. The largest absolute Gasteiger partial charge is 0.486 e. The van der Waals surface area contributed by atoms with Gasteiger partial charge in [-0.3, -0.25) is 4.79 Å². The van der Waals surface area contributed by atoms with E-state index in [0.29, 0.717) is 41.9 Å². The van der Waals surface area contributed by atoms with E-state index in [1.165, 1.54) is 6.42 Å². The van der Waals surface area contributed by atoms with Gasteiger partial charge in [0.15, 0.2) is 23.0 Å². The normalized spacial score (nSPS) is 18.5. The SMILES string of the molecule is C[C@@H]1CCCCN1c1cc(Nc2ccc3c(c2)OCCO3)c2c3c(onc13)-c1ccccc1C2=O. The molecule has 1 atom stereocenters. The number of benzene rings is 3. The van der Waals surface area contributed by atoms with Gasteiger partial charge in [-0.15, -0.1) is 0 Å². The smallest absolute Gasteiger partial charge is 0.196 e. The van der Waals surface area contributed by atoms with Crippen LogP contribution in [0.5, 0.6) is 11.5 Å². The van der Waals surface area contributed by atoms with Crippen LogP contribution in [0, 0.1) is 0 Å². The van der Waals surface area contributed by atoms with Crippen molar-refractivity contribution in [3.8, 4) is 22.8 Å². The first kappa shape index (κ1) is 20.4. The standard InChI is InChI=1S/C28H25N3O4/c1-16-6-4-5-11-31(16)21-15-20(29-17-9-10-22-23(14-17)34-13-12-33-22)24-25-26(21)30-35-28(25)19-8-3-2-7-18(19)27(24)32/h2-3,7-10,14-16,29H,4-6,11-13H2,1H3/t16-/m1/s1. The number of hydrogen-bond donors (Lipinski definition) is 1. The molecule has 0 saturated carbocycles. The Balaban J connectivity index is 1.44. The molecule has 0 bridgehead atoms. The predicted octanol–water partition coefficient (Wildman–Crippen LogP) is 5.93. The fourth-order valence-corrected chi connectivity index (χ4v) is 5.59. The van der Waals surface area contributed by atoms with E-state index in [4.69, 9.17) is 14.0 Å². The maximum absolute atomic E-state index is 13.8. The van der Waals surface area contributed by atoms with Crippen molar-refractivity contribution in [1.29, 1.82) is 0 Å². The van der Waals surface area contributed by atoms with Crippen LogP contribution in [-0.2, 0) is 0 Å². The fourth-order valence-electron chi connectivity index (χ4n) is 5.59. The van der Waals surface area contributed by atoms with E-state index < -0.39 is 0 Å². The van der Waals surface area contributed by atoms with Crippen LogP contribution < -0.4 is 19.7 Å². The van der Waals surface area contributed by atoms with Gasteiger partial charge < -0.3 is 24.2 Å². The molecule has 3 heterocycles. The summed E-state index contributed by atoms with van der Waals surface area (Å²) >= 11 is 0. The minimum absolute atomic E-state index is 0.0282. The topological polar surface area (TPSA) is 76.8 Å². The molecule has 1 aromatic heterocycles. The Morgan fingerprint density at radius 1 is 1.00 bits per heavy atom. The number of hydrogen-bond acceptors (Lipinski definition) is 7. The van der Waals surface area contributed by atoms with Crippen molar-refractivity contribution in [2.45, 2.75) is 32.2 Å². The number of aromatic nitrogens is 1. The van der Waals surface area contributed by atoms with Crippen LogP contribution in [0.25, 0.3) is 22.2 Å². The summed E-state index contributed by atoms with van der Waals surface area (Å²) in [5, 5.41) is 8.81. The molecule has 3 aromatic carbocycles. The molecule has 7 rings (SSSR count). The Kier molecular flexibility index (Phi) is 4.52. The van der Waals surface area contributed by atoms with Crippen LogP contribution in [-0.4, -0.2) is 36.7 Å². The fraction of sp³-hybridized carbons (Fsp3) is 0.286. The van der Waals surface area contributed by atoms with Crippen molar-refractivity contribution < 1.29 is 18.8 Å². The van der Waals surface area contributed by atoms with E-state index in [0.717, 1.165) is 58.7 Å². The highest BCUT2D eigenvalue weighted by atomic mass is 16.6. The Morgan fingerprint density at radius 3 is 2.69 bits per heavy atom. The Morgan fingerprint density at radius 2 is 1.83 bits per heavy atom. The summed E-state index contributed by atoms with van der Waals surface area (Å²) in [7, 11) is 0. The van der Waals surface area contributed by atoms with Gasteiger partial charge in [0, 0.05) is 35.5 Å². The number of piperidine rings is 1. The number of ether oxygens (including phenoxy) is 2. The van der Waals surface area contributed by atoms with E-state index in [1.54, 1.807) is 0 Å². The summed E-state index contributed by atoms with van der Waals surface area (Å²) in [4.78, 5) is 16.2. The highest BCUT2D eigenvalue weighted by molar-refractivity contribution is 6.28. The lowest BCUT2D eigenvalue weighted by molar-refractivity contribution is 0.104. The molecule has 1 aliphatic carbocycles. The van der Waals surface area contributed by atoms with Crippen molar-refractivity contribution in [3.05, 3.63) is 59.7 Å². The summed E-state index contributed by atoms with van der Waals surface area (Å²) in [6.07, 6.45) is 3.47. The average molecular weight is 468 g/mol. The van der Waals surface area contributed by atoms with Gasteiger partial charge in [-0.2, -0.15) is 0 Å². The molecular weight excluding hydrogens is 442 g/mol. The first-order valence-corrected chi connectivity index (χ1v) is 12.2. The van der Waals surface area contributed by atoms with E-state index >= 15 is 0 Å². The second-order valence-corrected chi connectivity index (χ2v) is 9.45. The Hall–Kier alpha value is -4.00. The summed E-state index contributed by atoms with van der Waals surface area (Å²) < 4.78 is 17.4. The van der Waals surface area contributed by atoms with Gasteiger partial charge in [-0.05, 0) is 44.4 Å². The molecule has 0 spiro atoms. The second-order valence-electron chi connectivity index (χ2n) is 9.45. The van der Waals surface area contributed by atoms with Crippen molar-refractivity contribution in [1.82, 2.24) is 5.16 Å². The zero-order valence-electron chi connectivity index (χ0n) is 19.5. The number of fused-ring (bicyclic) bond motifs is 3. The van der Waals surface area contributed by atoms with Crippen LogP contribution in [0.3, 0.4) is 0 Å². The third-order valence-corrected chi connectivity index (χ3v) is 7.31. The molecule has 0 unspecified atom stereocenters. The Labute approximate surface area is 202 Å². The van der Waals surface area contributed by atoms with Crippen LogP contribution in [0.2, 0.25) is 0 Å². The highest BCUT2D eigenvalue weighted by Gasteiger charge is 2.34. The highest BCUT2D eigenvalue weighted by Crippen LogP contribution is 2.47. The van der Waals surface area contributed by atoms with Gasteiger partial charge in [-0.1, -0.05) is 29.4 Å². The lowest BCUT2D eigenvalue weighted by Gasteiger charge is -2.36. The van der Waals surface area contributed by atoms with Crippen molar-refractivity contribution >= 4 is 33.7 Å². The number of ketones is 1. The van der Waals surface area contributed by atoms with Crippen molar-refractivity contribution in [2.75, 3.05) is 30.0 Å². The molecule has 3 aliphatic rings. The minimum Gasteiger partial charge on any atom is -0.486 e. The molecule has 4 aromatic rings. The number of carbonyl (C=O) groups is 1. The van der Waals surface area contributed by atoms with Gasteiger partial charge in [-0.25, -0.2) is 0 Å². The lowest BCUT2D eigenvalue weighted by Crippen LogP contribution is -2.37. The molecule has 1 N–H and O–H groups in total.